The fourth-order valence-corrected chi connectivity index (χ4v) is 2.79. The predicted molar refractivity (Wildman–Crippen MR) is 79.8 cm³/mol. The fraction of sp³-hybridized carbons (Fsp3) is 0.500. The Morgan fingerprint density at radius 1 is 1.50 bits per heavy atom. The van der Waals surface area contributed by atoms with Gasteiger partial charge in [0.15, 0.2) is 0 Å². The summed E-state index contributed by atoms with van der Waals surface area (Å²) in [5.41, 5.74) is 0.255. The highest BCUT2D eigenvalue weighted by molar-refractivity contribution is 9.10. The first-order valence-corrected chi connectivity index (χ1v) is 7.53. The number of phenolic OH excluding ortho intramolecular Hbond substituents is 1. The van der Waals surface area contributed by atoms with Gasteiger partial charge in [-0.05, 0) is 37.6 Å². The number of aliphatic hydroxyl groups excluding tert-OH is 1. The Hall–Kier alpha value is -1.11. The highest BCUT2D eigenvalue weighted by Gasteiger charge is 2.23. The van der Waals surface area contributed by atoms with Gasteiger partial charge in [-0.2, -0.15) is 0 Å². The highest BCUT2D eigenvalue weighted by Crippen LogP contribution is 2.23. The van der Waals surface area contributed by atoms with Crippen molar-refractivity contribution in [1.29, 1.82) is 0 Å². The molecule has 0 radical (unpaired) electrons. The molecule has 1 heterocycles. The molecule has 1 unspecified atom stereocenters. The van der Waals surface area contributed by atoms with Crippen LogP contribution in [-0.4, -0.2) is 53.3 Å². The number of phenols is 1. The van der Waals surface area contributed by atoms with E-state index >= 15 is 0 Å². The normalized spacial score (nSPS) is 18.2. The molecular weight excluding hydrogens is 324 g/mol. The Morgan fingerprint density at radius 3 is 2.95 bits per heavy atom. The van der Waals surface area contributed by atoms with Gasteiger partial charge in [-0.15, -0.1) is 0 Å². The van der Waals surface area contributed by atoms with Crippen LogP contribution in [0.5, 0.6) is 5.75 Å². The van der Waals surface area contributed by atoms with E-state index in [4.69, 9.17) is 5.11 Å². The first-order valence-electron chi connectivity index (χ1n) is 6.74. The summed E-state index contributed by atoms with van der Waals surface area (Å²) in [4.78, 5) is 14.1. The number of hydrogen-bond donors (Lipinski definition) is 3. The second-order valence-electron chi connectivity index (χ2n) is 4.93. The molecule has 3 N–H and O–H groups in total. The van der Waals surface area contributed by atoms with E-state index in [9.17, 15) is 9.90 Å². The third kappa shape index (κ3) is 3.71. The predicted octanol–water partition coefficient (Wildman–Crippen LogP) is 1.34. The van der Waals surface area contributed by atoms with E-state index in [2.05, 4.69) is 21.2 Å². The number of hydrogen-bond acceptors (Lipinski definition) is 4. The van der Waals surface area contributed by atoms with Crippen molar-refractivity contribution >= 4 is 21.8 Å². The van der Waals surface area contributed by atoms with Crippen LogP contribution in [0.25, 0.3) is 0 Å². The molecule has 1 aliphatic rings. The molecule has 20 heavy (non-hydrogen) atoms. The molecule has 1 aromatic rings. The topological polar surface area (TPSA) is 72.8 Å². The summed E-state index contributed by atoms with van der Waals surface area (Å²) in [5.74, 6) is -0.299. The molecule has 1 amide bonds. The minimum Gasteiger partial charge on any atom is -0.507 e. The minimum absolute atomic E-state index is 0.0412. The quantitative estimate of drug-likeness (QED) is 0.755. The maximum atomic E-state index is 12.5. The van der Waals surface area contributed by atoms with Gasteiger partial charge in [-0.3, -0.25) is 4.79 Å². The third-order valence-corrected chi connectivity index (χ3v) is 3.94. The average molecular weight is 343 g/mol. The molecule has 0 aromatic heterocycles. The maximum Gasteiger partial charge on any atom is 0.257 e. The SMILES string of the molecule is O=C(c1cc(Br)ccc1O)N(CCO)CC1CCCN1. The van der Waals surface area contributed by atoms with Crippen LogP contribution >= 0.6 is 15.9 Å². The summed E-state index contributed by atoms with van der Waals surface area (Å²) in [6.45, 7) is 1.69. The van der Waals surface area contributed by atoms with E-state index in [1.165, 1.54) is 6.07 Å². The van der Waals surface area contributed by atoms with Gasteiger partial charge in [0, 0.05) is 23.6 Å². The number of aliphatic hydroxyl groups is 1. The van der Waals surface area contributed by atoms with Gasteiger partial charge in [-0.25, -0.2) is 0 Å². The van der Waals surface area contributed by atoms with Crippen LogP contribution in [0.1, 0.15) is 23.2 Å². The van der Waals surface area contributed by atoms with Gasteiger partial charge >= 0.3 is 0 Å². The molecule has 2 rings (SSSR count). The van der Waals surface area contributed by atoms with E-state index in [1.807, 2.05) is 0 Å². The molecule has 110 valence electrons. The molecule has 5 nitrogen and oxygen atoms in total. The monoisotopic (exact) mass is 342 g/mol. The Morgan fingerprint density at radius 2 is 2.30 bits per heavy atom. The molecule has 0 aliphatic carbocycles. The van der Waals surface area contributed by atoms with Crippen molar-refractivity contribution < 1.29 is 15.0 Å². The minimum atomic E-state index is -0.258. The number of nitrogens with one attached hydrogen (secondary N) is 1. The Kier molecular flexibility index (Phi) is 5.39. The van der Waals surface area contributed by atoms with Crippen molar-refractivity contribution in [2.75, 3.05) is 26.2 Å². The maximum absolute atomic E-state index is 12.5. The van der Waals surface area contributed by atoms with Gasteiger partial charge in [-0.1, -0.05) is 15.9 Å². The number of nitrogens with zero attached hydrogens (tertiary/aromatic N) is 1. The van der Waals surface area contributed by atoms with E-state index in [0.29, 0.717) is 6.54 Å². The summed E-state index contributed by atoms with van der Waals surface area (Å²) in [6.07, 6.45) is 2.13. The number of amides is 1. The lowest BCUT2D eigenvalue weighted by atomic mass is 10.1. The summed E-state index contributed by atoms with van der Waals surface area (Å²) >= 11 is 3.30. The summed E-state index contributed by atoms with van der Waals surface area (Å²) in [5, 5.41) is 22.3. The highest BCUT2D eigenvalue weighted by atomic mass is 79.9. The molecule has 1 aromatic carbocycles. The van der Waals surface area contributed by atoms with Gasteiger partial charge in [0.2, 0.25) is 0 Å². The molecule has 1 saturated heterocycles. The zero-order chi connectivity index (χ0) is 14.5. The number of carbonyl (C=O) groups is 1. The fourth-order valence-electron chi connectivity index (χ4n) is 2.42. The van der Waals surface area contributed by atoms with Gasteiger partial charge in [0.25, 0.3) is 5.91 Å². The molecule has 0 saturated carbocycles. The largest absolute Gasteiger partial charge is 0.507 e. The Labute approximate surface area is 126 Å². The molecule has 1 fully saturated rings. The smallest absolute Gasteiger partial charge is 0.257 e. The molecule has 6 heteroatoms. The lowest BCUT2D eigenvalue weighted by Gasteiger charge is -2.25. The number of halogens is 1. The van der Waals surface area contributed by atoms with Gasteiger partial charge in [0.05, 0.1) is 12.2 Å². The lowest BCUT2D eigenvalue weighted by Crippen LogP contribution is -2.42. The summed E-state index contributed by atoms with van der Waals surface area (Å²) < 4.78 is 0.738. The van der Waals surface area contributed by atoms with Crippen molar-refractivity contribution in [2.45, 2.75) is 18.9 Å². The van der Waals surface area contributed by atoms with E-state index < -0.39 is 0 Å². The zero-order valence-electron chi connectivity index (χ0n) is 11.2. The molecule has 1 atom stereocenters. The van der Waals surface area contributed by atoms with Crippen molar-refractivity contribution in [2.24, 2.45) is 0 Å². The van der Waals surface area contributed by atoms with E-state index in [0.717, 1.165) is 23.9 Å². The van der Waals surface area contributed by atoms with Crippen LogP contribution < -0.4 is 5.32 Å². The van der Waals surface area contributed by atoms with Crippen molar-refractivity contribution in [3.05, 3.63) is 28.2 Å². The summed E-state index contributed by atoms with van der Waals surface area (Å²) in [7, 11) is 0. The Balaban J connectivity index is 2.14. The zero-order valence-corrected chi connectivity index (χ0v) is 12.8. The summed E-state index contributed by atoms with van der Waals surface area (Å²) in [6, 6.07) is 5.03. The molecule has 0 spiro atoms. The lowest BCUT2D eigenvalue weighted by molar-refractivity contribution is 0.0703. The number of carbonyl (C=O) groups excluding carboxylic acids is 1. The average Bonchev–Trinajstić information content (AvgIpc) is 2.93. The Bertz CT molecular complexity index is 475. The van der Waals surface area contributed by atoms with E-state index in [-0.39, 0.29) is 36.4 Å². The van der Waals surface area contributed by atoms with Crippen molar-refractivity contribution in [3.8, 4) is 5.75 Å². The van der Waals surface area contributed by atoms with Crippen LogP contribution in [0, 0.1) is 0 Å². The second kappa shape index (κ2) is 7.06. The van der Waals surface area contributed by atoms with Crippen LogP contribution in [0.15, 0.2) is 22.7 Å². The van der Waals surface area contributed by atoms with Crippen LogP contribution in [0.3, 0.4) is 0 Å². The first kappa shape index (κ1) is 15.3. The molecular formula is C14H19BrN2O3. The van der Waals surface area contributed by atoms with Crippen LogP contribution in [-0.2, 0) is 0 Å². The van der Waals surface area contributed by atoms with Crippen molar-refractivity contribution in [3.63, 3.8) is 0 Å². The molecule has 0 bridgehead atoms. The number of aromatic hydroxyl groups is 1. The number of benzene rings is 1. The third-order valence-electron chi connectivity index (χ3n) is 3.45. The van der Waals surface area contributed by atoms with Crippen LogP contribution in [0.2, 0.25) is 0 Å². The van der Waals surface area contributed by atoms with E-state index in [1.54, 1.807) is 17.0 Å². The molecule has 1 aliphatic heterocycles. The van der Waals surface area contributed by atoms with Gasteiger partial charge < -0.3 is 20.4 Å². The van der Waals surface area contributed by atoms with Gasteiger partial charge in [0.1, 0.15) is 5.75 Å². The second-order valence-corrected chi connectivity index (χ2v) is 5.85. The first-order chi connectivity index (χ1) is 9.61. The van der Waals surface area contributed by atoms with Crippen LogP contribution in [0.4, 0.5) is 0 Å². The standard InChI is InChI=1S/C14H19BrN2O3/c15-10-3-4-13(19)12(8-10)14(20)17(6-7-18)9-11-2-1-5-16-11/h3-4,8,11,16,18-19H,1-2,5-7,9H2. The van der Waals surface area contributed by atoms with Crippen molar-refractivity contribution in [1.82, 2.24) is 10.2 Å². The number of rotatable bonds is 5.